The van der Waals surface area contributed by atoms with Crippen molar-refractivity contribution in [3.63, 3.8) is 0 Å². The molecule has 0 bridgehead atoms. The van der Waals surface area contributed by atoms with Crippen LogP contribution in [0, 0.1) is 0 Å². The van der Waals surface area contributed by atoms with E-state index in [0.717, 1.165) is 12.8 Å². The minimum Gasteiger partial charge on any atom is -0.389 e. The highest BCUT2D eigenvalue weighted by Crippen LogP contribution is 2.00. The fourth-order valence-corrected chi connectivity index (χ4v) is 1.06. The van der Waals surface area contributed by atoms with Crippen LogP contribution >= 0.6 is 0 Å². The van der Waals surface area contributed by atoms with Crippen LogP contribution in [0.2, 0.25) is 0 Å². The molecule has 3 nitrogen and oxygen atoms in total. The van der Waals surface area contributed by atoms with Gasteiger partial charge in [-0.15, -0.1) is 0 Å². The number of aliphatic hydroxyl groups is 1. The summed E-state index contributed by atoms with van der Waals surface area (Å²) in [6, 6.07) is 0. The van der Waals surface area contributed by atoms with Crippen molar-refractivity contribution in [1.29, 1.82) is 0 Å². The van der Waals surface area contributed by atoms with Crippen molar-refractivity contribution in [3.05, 3.63) is 0 Å². The van der Waals surface area contributed by atoms with Crippen LogP contribution in [0.1, 0.15) is 26.7 Å². The Morgan fingerprint density at radius 3 is 2.67 bits per heavy atom. The van der Waals surface area contributed by atoms with Gasteiger partial charge in [0.1, 0.15) is 0 Å². The summed E-state index contributed by atoms with van der Waals surface area (Å²) >= 11 is 0. The molecule has 0 saturated heterocycles. The molecule has 0 spiro atoms. The largest absolute Gasteiger partial charge is 0.389 e. The van der Waals surface area contributed by atoms with Crippen molar-refractivity contribution in [2.75, 3.05) is 20.2 Å². The molecule has 0 amide bonds. The average molecular weight is 175 g/mol. The monoisotopic (exact) mass is 175 g/mol. The van der Waals surface area contributed by atoms with E-state index in [1.165, 1.54) is 0 Å². The summed E-state index contributed by atoms with van der Waals surface area (Å²) in [7, 11) is 1.82. The Morgan fingerprint density at radius 1 is 1.50 bits per heavy atom. The lowest BCUT2D eigenvalue weighted by atomic mass is 10.2. The van der Waals surface area contributed by atoms with E-state index < -0.39 is 0 Å². The second-order valence-corrected chi connectivity index (χ2v) is 3.14. The summed E-state index contributed by atoms with van der Waals surface area (Å²) in [5, 5.41) is 12.2. The third-order valence-electron chi connectivity index (χ3n) is 1.71. The quantitative estimate of drug-likeness (QED) is 0.600. The molecule has 0 aromatic heterocycles. The number of hydrogen-bond acceptors (Lipinski definition) is 3. The third kappa shape index (κ3) is 6.58. The Balaban J connectivity index is 3.27. The molecule has 0 aliphatic carbocycles. The minimum atomic E-state index is -0.380. The van der Waals surface area contributed by atoms with Gasteiger partial charge >= 0.3 is 0 Å². The number of hydrogen-bond donors (Lipinski definition) is 2. The van der Waals surface area contributed by atoms with Crippen LogP contribution in [0.5, 0.6) is 0 Å². The molecule has 0 aromatic rings. The maximum atomic E-state index is 9.28. The smallest absolute Gasteiger partial charge is 0.0897 e. The predicted molar refractivity (Wildman–Crippen MR) is 50.3 cm³/mol. The molecule has 12 heavy (non-hydrogen) atoms. The van der Waals surface area contributed by atoms with Crippen LogP contribution in [-0.2, 0) is 4.74 Å². The van der Waals surface area contributed by atoms with E-state index in [1.807, 2.05) is 14.0 Å². The Morgan fingerprint density at radius 2 is 2.17 bits per heavy atom. The summed E-state index contributed by atoms with van der Waals surface area (Å²) in [4.78, 5) is 0. The summed E-state index contributed by atoms with van der Waals surface area (Å²) in [6.07, 6.45) is 2.08. The Kier molecular flexibility index (Phi) is 7.45. The number of nitrogens with one attached hydrogen (secondary N) is 1. The van der Waals surface area contributed by atoms with Crippen molar-refractivity contribution < 1.29 is 9.84 Å². The van der Waals surface area contributed by atoms with Crippen LogP contribution in [0.25, 0.3) is 0 Å². The second kappa shape index (κ2) is 7.53. The van der Waals surface area contributed by atoms with Gasteiger partial charge in [-0.2, -0.15) is 0 Å². The zero-order valence-electron chi connectivity index (χ0n) is 8.34. The lowest BCUT2D eigenvalue weighted by Gasteiger charge is -2.15. The molecule has 74 valence electrons. The number of aliphatic hydroxyl groups excluding tert-OH is 1. The van der Waals surface area contributed by atoms with E-state index in [0.29, 0.717) is 13.2 Å². The lowest BCUT2D eigenvalue weighted by molar-refractivity contribution is -0.00367. The maximum Gasteiger partial charge on any atom is 0.0897 e. The Labute approximate surface area is 75.1 Å². The minimum absolute atomic E-state index is 0.265. The molecule has 0 heterocycles. The molecular weight excluding hydrogens is 154 g/mol. The van der Waals surface area contributed by atoms with E-state index in [2.05, 4.69) is 12.2 Å². The fourth-order valence-electron chi connectivity index (χ4n) is 1.06. The highest BCUT2D eigenvalue weighted by molar-refractivity contribution is 4.57. The van der Waals surface area contributed by atoms with Crippen molar-refractivity contribution in [2.45, 2.75) is 38.9 Å². The van der Waals surface area contributed by atoms with E-state index in [9.17, 15) is 5.11 Å². The molecule has 0 fully saturated rings. The normalized spacial score (nSPS) is 16.0. The van der Waals surface area contributed by atoms with E-state index in [1.54, 1.807) is 0 Å². The number of rotatable bonds is 7. The molecule has 0 aliphatic heterocycles. The molecular formula is C9H21NO2. The molecule has 0 saturated carbocycles. The number of ether oxygens (including phenoxy) is 1. The van der Waals surface area contributed by atoms with Crippen molar-refractivity contribution in [1.82, 2.24) is 5.32 Å². The molecule has 0 rings (SSSR count). The van der Waals surface area contributed by atoms with E-state index >= 15 is 0 Å². The molecule has 3 heteroatoms. The molecule has 2 unspecified atom stereocenters. The van der Waals surface area contributed by atoms with Gasteiger partial charge in [-0.05, 0) is 20.4 Å². The molecule has 0 aromatic carbocycles. The van der Waals surface area contributed by atoms with E-state index in [4.69, 9.17) is 4.74 Å². The predicted octanol–water partition coefficient (Wildman–Crippen LogP) is 0.772. The van der Waals surface area contributed by atoms with E-state index in [-0.39, 0.29) is 12.2 Å². The molecule has 0 aliphatic rings. The molecule has 2 atom stereocenters. The van der Waals surface area contributed by atoms with Crippen LogP contribution in [0.15, 0.2) is 0 Å². The first-order valence-corrected chi connectivity index (χ1v) is 4.65. The standard InChI is InChI=1S/C9H21NO2/c1-4-5-8(2)12-7-9(11)6-10-3/h8-11H,4-7H2,1-3H3. The van der Waals surface area contributed by atoms with Gasteiger partial charge in [-0.25, -0.2) is 0 Å². The topological polar surface area (TPSA) is 41.5 Å². The third-order valence-corrected chi connectivity index (χ3v) is 1.71. The van der Waals surface area contributed by atoms with Gasteiger partial charge in [-0.3, -0.25) is 0 Å². The van der Waals surface area contributed by atoms with Crippen LogP contribution in [-0.4, -0.2) is 37.5 Å². The highest BCUT2D eigenvalue weighted by Gasteiger charge is 2.05. The summed E-state index contributed by atoms with van der Waals surface area (Å²) < 4.78 is 5.41. The van der Waals surface area contributed by atoms with Crippen molar-refractivity contribution in [3.8, 4) is 0 Å². The van der Waals surface area contributed by atoms with Gasteiger partial charge in [0.05, 0.1) is 18.8 Å². The van der Waals surface area contributed by atoms with Gasteiger partial charge in [0, 0.05) is 6.54 Å². The summed E-state index contributed by atoms with van der Waals surface area (Å²) in [5.41, 5.74) is 0. The van der Waals surface area contributed by atoms with Gasteiger partial charge in [0.2, 0.25) is 0 Å². The molecule has 0 radical (unpaired) electrons. The summed E-state index contributed by atoms with van der Waals surface area (Å²) in [6.45, 7) is 5.19. The zero-order chi connectivity index (χ0) is 9.40. The Bertz CT molecular complexity index is 86.5. The highest BCUT2D eigenvalue weighted by atomic mass is 16.5. The van der Waals surface area contributed by atoms with Crippen LogP contribution in [0.4, 0.5) is 0 Å². The maximum absolute atomic E-state index is 9.28. The second-order valence-electron chi connectivity index (χ2n) is 3.14. The van der Waals surface area contributed by atoms with Crippen LogP contribution in [0.3, 0.4) is 0 Å². The van der Waals surface area contributed by atoms with Gasteiger partial charge in [0.15, 0.2) is 0 Å². The van der Waals surface area contributed by atoms with Gasteiger partial charge in [0.25, 0.3) is 0 Å². The molecule has 2 N–H and O–H groups in total. The lowest BCUT2D eigenvalue weighted by Crippen LogP contribution is -2.29. The Hall–Kier alpha value is -0.120. The van der Waals surface area contributed by atoms with Crippen LogP contribution < -0.4 is 5.32 Å². The average Bonchev–Trinajstić information content (AvgIpc) is 2.02. The first kappa shape index (κ1) is 11.9. The SMILES string of the molecule is CCCC(C)OCC(O)CNC. The first-order chi connectivity index (χ1) is 5.70. The van der Waals surface area contributed by atoms with Crippen molar-refractivity contribution >= 4 is 0 Å². The summed E-state index contributed by atoms with van der Waals surface area (Å²) in [5.74, 6) is 0. The fraction of sp³-hybridized carbons (Fsp3) is 1.00. The van der Waals surface area contributed by atoms with Gasteiger partial charge < -0.3 is 15.2 Å². The van der Waals surface area contributed by atoms with Gasteiger partial charge in [-0.1, -0.05) is 13.3 Å². The zero-order valence-corrected chi connectivity index (χ0v) is 8.34. The van der Waals surface area contributed by atoms with Crippen molar-refractivity contribution in [2.24, 2.45) is 0 Å². The number of likely N-dealkylation sites (N-methyl/N-ethyl adjacent to an activating group) is 1. The first-order valence-electron chi connectivity index (χ1n) is 4.65.